The van der Waals surface area contributed by atoms with Gasteiger partial charge in [-0.3, -0.25) is 4.79 Å². The Hall–Kier alpha value is -2.47. The van der Waals surface area contributed by atoms with Crippen molar-refractivity contribution in [2.24, 2.45) is 0 Å². The van der Waals surface area contributed by atoms with Gasteiger partial charge in [0.15, 0.2) is 0 Å². The zero-order valence-electron chi connectivity index (χ0n) is 13.5. The quantitative estimate of drug-likeness (QED) is 0.936. The number of likely N-dealkylation sites (N-methyl/N-ethyl adjacent to an activating group) is 1. The van der Waals surface area contributed by atoms with Gasteiger partial charge in [0, 0.05) is 31.7 Å². The summed E-state index contributed by atoms with van der Waals surface area (Å²) in [4.78, 5) is 25.5. The molecule has 1 fully saturated rings. The predicted octanol–water partition coefficient (Wildman–Crippen LogP) is 1.79. The maximum atomic E-state index is 12.3. The minimum absolute atomic E-state index is 0.140. The normalized spacial score (nSPS) is 15.5. The number of carbonyl (C=O) groups excluding carboxylic acids is 1. The first-order chi connectivity index (χ1) is 11.1. The Kier molecular flexibility index (Phi) is 4.52. The third-order valence-electron chi connectivity index (χ3n) is 4.07. The van der Waals surface area contributed by atoms with Crippen LogP contribution in [0.2, 0.25) is 0 Å². The van der Waals surface area contributed by atoms with Crippen molar-refractivity contribution in [3.63, 3.8) is 0 Å². The van der Waals surface area contributed by atoms with E-state index in [1.54, 1.807) is 12.4 Å². The summed E-state index contributed by atoms with van der Waals surface area (Å²) >= 11 is 0. The molecule has 3 rings (SSSR count). The number of hydrogen-bond donors (Lipinski definition) is 1. The van der Waals surface area contributed by atoms with Gasteiger partial charge in [-0.25, -0.2) is 9.97 Å². The van der Waals surface area contributed by atoms with E-state index in [1.807, 2.05) is 31.2 Å². The molecule has 0 aliphatic carbocycles. The minimum atomic E-state index is -0.140. The van der Waals surface area contributed by atoms with Gasteiger partial charge in [0.25, 0.3) is 5.91 Å². The number of hydrogen-bond acceptors (Lipinski definition) is 5. The second-order valence-corrected chi connectivity index (χ2v) is 5.83. The van der Waals surface area contributed by atoms with Crippen LogP contribution in [0, 0.1) is 6.92 Å². The van der Waals surface area contributed by atoms with Crippen LogP contribution >= 0.6 is 0 Å². The Bertz CT molecular complexity index is 678. The maximum Gasteiger partial charge on any atom is 0.256 e. The summed E-state index contributed by atoms with van der Waals surface area (Å²) in [7, 11) is 2.11. The standard InChI is InChI=1S/C17H21N5O/c1-13-5-3-4-6-15(13)16(23)20-14-11-18-17(19-12-14)22-9-7-21(2)8-10-22/h3-6,11-12H,7-10H2,1-2H3,(H,20,23). The molecular formula is C17H21N5O. The van der Waals surface area contributed by atoms with Crippen LogP contribution in [0.1, 0.15) is 15.9 Å². The van der Waals surface area contributed by atoms with E-state index < -0.39 is 0 Å². The van der Waals surface area contributed by atoms with Crippen LogP contribution in [-0.2, 0) is 0 Å². The number of rotatable bonds is 3. The predicted molar refractivity (Wildman–Crippen MR) is 90.9 cm³/mol. The Balaban J connectivity index is 1.66. The topological polar surface area (TPSA) is 61.4 Å². The second kappa shape index (κ2) is 6.75. The number of aryl methyl sites for hydroxylation is 1. The van der Waals surface area contributed by atoms with Gasteiger partial charge in [0.05, 0.1) is 18.1 Å². The minimum Gasteiger partial charge on any atom is -0.338 e. The van der Waals surface area contributed by atoms with Crippen molar-refractivity contribution in [2.45, 2.75) is 6.92 Å². The van der Waals surface area contributed by atoms with Crippen molar-refractivity contribution in [3.8, 4) is 0 Å². The van der Waals surface area contributed by atoms with Crippen LogP contribution in [0.25, 0.3) is 0 Å². The van der Waals surface area contributed by atoms with E-state index in [0.29, 0.717) is 17.2 Å². The number of carbonyl (C=O) groups is 1. The van der Waals surface area contributed by atoms with Gasteiger partial charge in [0.2, 0.25) is 5.95 Å². The average molecular weight is 311 g/mol. The monoisotopic (exact) mass is 311 g/mol. The van der Waals surface area contributed by atoms with Crippen molar-refractivity contribution in [3.05, 3.63) is 47.8 Å². The lowest BCUT2D eigenvalue weighted by atomic mass is 10.1. The summed E-state index contributed by atoms with van der Waals surface area (Å²) in [6.07, 6.45) is 3.33. The number of nitrogens with zero attached hydrogens (tertiary/aromatic N) is 4. The lowest BCUT2D eigenvalue weighted by Crippen LogP contribution is -2.45. The molecule has 6 nitrogen and oxygen atoms in total. The number of nitrogens with one attached hydrogen (secondary N) is 1. The molecule has 1 aliphatic heterocycles. The van der Waals surface area contributed by atoms with Crippen LogP contribution in [0.15, 0.2) is 36.7 Å². The fourth-order valence-electron chi connectivity index (χ4n) is 2.58. The maximum absolute atomic E-state index is 12.3. The fraction of sp³-hybridized carbons (Fsp3) is 0.353. The molecule has 2 heterocycles. The number of piperazine rings is 1. The molecule has 0 radical (unpaired) electrons. The van der Waals surface area contributed by atoms with E-state index in [4.69, 9.17) is 0 Å². The van der Waals surface area contributed by atoms with Crippen LogP contribution in [0.5, 0.6) is 0 Å². The molecule has 0 spiro atoms. The zero-order valence-corrected chi connectivity index (χ0v) is 13.5. The van der Waals surface area contributed by atoms with Crippen molar-refractivity contribution in [1.29, 1.82) is 0 Å². The summed E-state index contributed by atoms with van der Waals surface area (Å²) in [5, 5.41) is 2.85. The van der Waals surface area contributed by atoms with E-state index in [2.05, 4.69) is 32.1 Å². The van der Waals surface area contributed by atoms with E-state index in [9.17, 15) is 4.79 Å². The van der Waals surface area contributed by atoms with Gasteiger partial charge in [0.1, 0.15) is 0 Å². The molecule has 0 bridgehead atoms. The summed E-state index contributed by atoms with van der Waals surface area (Å²) in [6.45, 7) is 5.78. The second-order valence-electron chi connectivity index (χ2n) is 5.83. The molecule has 2 aromatic rings. The molecule has 1 aromatic carbocycles. The molecule has 1 aliphatic rings. The van der Waals surface area contributed by atoms with Gasteiger partial charge in [-0.05, 0) is 25.6 Å². The van der Waals surface area contributed by atoms with Gasteiger partial charge >= 0.3 is 0 Å². The first-order valence-electron chi connectivity index (χ1n) is 7.76. The van der Waals surface area contributed by atoms with E-state index >= 15 is 0 Å². The molecule has 120 valence electrons. The molecule has 23 heavy (non-hydrogen) atoms. The molecule has 0 atom stereocenters. The highest BCUT2D eigenvalue weighted by Crippen LogP contribution is 2.14. The van der Waals surface area contributed by atoms with Gasteiger partial charge in [-0.1, -0.05) is 18.2 Å². The molecule has 0 unspecified atom stereocenters. The summed E-state index contributed by atoms with van der Waals surface area (Å²) in [5.74, 6) is 0.575. The summed E-state index contributed by atoms with van der Waals surface area (Å²) in [5.41, 5.74) is 2.21. The van der Waals surface area contributed by atoms with Gasteiger partial charge in [-0.15, -0.1) is 0 Å². The van der Waals surface area contributed by atoms with Crippen LogP contribution in [-0.4, -0.2) is 54.0 Å². The highest BCUT2D eigenvalue weighted by atomic mass is 16.1. The number of benzene rings is 1. The molecule has 1 N–H and O–H groups in total. The van der Waals surface area contributed by atoms with Crippen LogP contribution < -0.4 is 10.2 Å². The average Bonchev–Trinajstić information content (AvgIpc) is 2.57. The number of aromatic nitrogens is 2. The molecule has 1 saturated heterocycles. The first-order valence-corrected chi connectivity index (χ1v) is 7.76. The Morgan fingerprint density at radius 2 is 1.74 bits per heavy atom. The third-order valence-corrected chi connectivity index (χ3v) is 4.07. The molecule has 1 aromatic heterocycles. The Morgan fingerprint density at radius 3 is 2.39 bits per heavy atom. The van der Waals surface area contributed by atoms with Crippen molar-refractivity contribution in [2.75, 3.05) is 43.4 Å². The van der Waals surface area contributed by atoms with E-state index in [-0.39, 0.29) is 5.91 Å². The van der Waals surface area contributed by atoms with Crippen LogP contribution in [0.3, 0.4) is 0 Å². The largest absolute Gasteiger partial charge is 0.338 e. The van der Waals surface area contributed by atoms with Crippen molar-refractivity contribution in [1.82, 2.24) is 14.9 Å². The van der Waals surface area contributed by atoms with E-state index in [0.717, 1.165) is 31.7 Å². The first kappa shape index (κ1) is 15.4. The van der Waals surface area contributed by atoms with Crippen LogP contribution in [0.4, 0.5) is 11.6 Å². The van der Waals surface area contributed by atoms with E-state index in [1.165, 1.54) is 0 Å². The van der Waals surface area contributed by atoms with Gasteiger partial charge in [-0.2, -0.15) is 0 Å². The SMILES string of the molecule is Cc1ccccc1C(=O)Nc1cnc(N2CCN(C)CC2)nc1. The van der Waals surface area contributed by atoms with Crippen molar-refractivity contribution < 1.29 is 4.79 Å². The smallest absolute Gasteiger partial charge is 0.256 e. The molecule has 6 heteroatoms. The zero-order chi connectivity index (χ0) is 16.2. The highest BCUT2D eigenvalue weighted by molar-refractivity contribution is 6.05. The fourth-order valence-corrected chi connectivity index (χ4v) is 2.58. The van der Waals surface area contributed by atoms with Crippen molar-refractivity contribution >= 4 is 17.5 Å². The molecular weight excluding hydrogens is 290 g/mol. The number of anilines is 2. The summed E-state index contributed by atoms with van der Waals surface area (Å²) < 4.78 is 0. The highest BCUT2D eigenvalue weighted by Gasteiger charge is 2.16. The lowest BCUT2D eigenvalue weighted by Gasteiger charge is -2.32. The lowest BCUT2D eigenvalue weighted by molar-refractivity contribution is 0.102. The Labute approximate surface area is 136 Å². The Morgan fingerprint density at radius 1 is 1.09 bits per heavy atom. The summed E-state index contributed by atoms with van der Waals surface area (Å²) in [6, 6.07) is 7.50. The molecule has 1 amide bonds. The molecule has 0 saturated carbocycles. The number of amides is 1. The third kappa shape index (κ3) is 3.65. The van der Waals surface area contributed by atoms with Gasteiger partial charge < -0.3 is 15.1 Å².